The minimum Gasteiger partial charge on any atom is -0.507 e. The third-order valence-corrected chi connectivity index (χ3v) is 8.00. The van der Waals surface area contributed by atoms with Gasteiger partial charge in [-0.1, -0.05) is 11.6 Å². The van der Waals surface area contributed by atoms with Gasteiger partial charge in [0.15, 0.2) is 23.1 Å². The molecule has 0 bridgehead atoms. The number of carbonyl (C=O) groups is 2. The van der Waals surface area contributed by atoms with E-state index in [9.17, 15) is 29.7 Å². The van der Waals surface area contributed by atoms with Crippen LogP contribution in [-0.2, 0) is 14.2 Å². The van der Waals surface area contributed by atoms with E-state index in [2.05, 4.69) is 10.3 Å². The molecule has 5 rings (SSSR count). The number of benzene rings is 2. The van der Waals surface area contributed by atoms with Crippen LogP contribution in [0.1, 0.15) is 51.5 Å². The van der Waals surface area contributed by atoms with Gasteiger partial charge < -0.3 is 49.0 Å². The summed E-state index contributed by atoms with van der Waals surface area (Å²) in [6, 6.07) is 8.63. The van der Waals surface area contributed by atoms with Crippen LogP contribution < -0.4 is 15.7 Å². The molecule has 3 heterocycles. The van der Waals surface area contributed by atoms with Crippen LogP contribution in [0.3, 0.4) is 0 Å². The van der Waals surface area contributed by atoms with Gasteiger partial charge in [-0.25, -0.2) is 9.59 Å². The highest BCUT2D eigenvalue weighted by Crippen LogP contribution is 2.39. The number of phenols is 1. The normalized spacial score (nSPS) is 20.8. The molecule has 1 fully saturated rings. The van der Waals surface area contributed by atoms with E-state index in [1.54, 1.807) is 40.7 Å². The number of hydrogen-bond donors (Lipinski definition) is 5. The van der Waals surface area contributed by atoms with Crippen LogP contribution in [-0.4, -0.2) is 69.5 Å². The number of aliphatic hydroxyl groups is 1. The molecule has 13 nitrogen and oxygen atoms in total. The van der Waals surface area contributed by atoms with Crippen LogP contribution in [0.2, 0.25) is 5.02 Å². The predicted molar refractivity (Wildman–Crippen MR) is 166 cm³/mol. The standard InChI is InChI=1S/C32H33ClN2O11/c1-13-9-16(10-14(2)22(13)36)28(39)35-21-23(37)18-11-17(12-19(33)25(18)44-30(21)41)43-31-26(24(38)27(42-6)32(4,5)46-31)45-29(40)20-8-7-15(3)34-20/h7-12,24,26-27,31,34,36-38H,1-6H3,(H,35,39)/t24-,26-,27+,31-/m1/s1. The molecule has 0 aliphatic carbocycles. The Morgan fingerprint density at radius 3 is 2.33 bits per heavy atom. The summed E-state index contributed by atoms with van der Waals surface area (Å²) in [4.78, 5) is 41.6. The minimum atomic E-state index is -1.40. The topological polar surface area (TPSA) is 190 Å². The number of rotatable bonds is 7. The Bertz CT molecular complexity index is 1870. The Kier molecular flexibility index (Phi) is 8.79. The van der Waals surface area contributed by atoms with Gasteiger partial charge in [0.25, 0.3) is 5.91 Å². The summed E-state index contributed by atoms with van der Waals surface area (Å²) in [5.41, 5.74) is -1.08. The van der Waals surface area contributed by atoms with E-state index < -0.39 is 59.1 Å². The number of aromatic amines is 1. The van der Waals surface area contributed by atoms with Gasteiger partial charge >= 0.3 is 11.6 Å². The molecule has 5 N–H and O–H groups in total. The van der Waals surface area contributed by atoms with Crippen LogP contribution in [0, 0.1) is 20.8 Å². The van der Waals surface area contributed by atoms with Crippen LogP contribution >= 0.6 is 11.6 Å². The Hall–Kier alpha value is -4.56. The zero-order valence-corrected chi connectivity index (χ0v) is 26.5. The lowest BCUT2D eigenvalue weighted by molar-refractivity contribution is -0.305. The Morgan fingerprint density at radius 2 is 1.72 bits per heavy atom. The molecule has 4 atom stereocenters. The molecule has 0 unspecified atom stereocenters. The molecule has 1 saturated heterocycles. The quantitative estimate of drug-likeness (QED) is 0.139. The van der Waals surface area contributed by atoms with Crippen molar-refractivity contribution in [3.05, 3.63) is 79.9 Å². The summed E-state index contributed by atoms with van der Waals surface area (Å²) in [6.45, 7) is 8.31. The largest absolute Gasteiger partial charge is 0.507 e. The van der Waals surface area contributed by atoms with Crippen molar-refractivity contribution in [3.8, 4) is 17.2 Å². The first-order chi connectivity index (χ1) is 21.6. The number of esters is 1. The number of fused-ring (bicyclic) bond motifs is 1. The fourth-order valence-electron chi connectivity index (χ4n) is 5.44. The fraction of sp³-hybridized carbons (Fsp3) is 0.344. The summed E-state index contributed by atoms with van der Waals surface area (Å²) in [5.74, 6) is -2.18. The maximum absolute atomic E-state index is 13.0. The third-order valence-electron chi connectivity index (χ3n) is 7.72. The predicted octanol–water partition coefficient (Wildman–Crippen LogP) is 4.48. The molecule has 14 heteroatoms. The summed E-state index contributed by atoms with van der Waals surface area (Å²) in [7, 11) is 1.38. The molecule has 2 aromatic carbocycles. The number of aromatic hydroxyl groups is 2. The van der Waals surface area contributed by atoms with Crippen LogP contribution in [0.15, 0.2) is 45.6 Å². The first-order valence-corrected chi connectivity index (χ1v) is 14.5. The molecule has 2 aromatic heterocycles. The monoisotopic (exact) mass is 656 g/mol. The van der Waals surface area contributed by atoms with Crippen molar-refractivity contribution < 1.29 is 48.3 Å². The number of amides is 1. The highest BCUT2D eigenvalue weighted by atomic mass is 35.5. The maximum atomic E-state index is 13.0. The second kappa shape index (κ2) is 12.3. The van der Waals surface area contributed by atoms with Gasteiger partial charge in [0, 0.05) is 24.4 Å². The number of halogens is 1. The number of phenolic OH excluding ortho intramolecular Hbond substituents is 1. The number of nitrogens with one attached hydrogen (secondary N) is 2. The number of hydrogen-bond acceptors (Lipinski definition) is 11. The van der Waals surface area contributed by atoms with Gasteiger partial charge in [-0.2, -0.15) is 0 Å². The number of ether oxygens (including phenoxy) is 4. The number of H-pyrrole nitrogens is 1. The number of carbonyl (C=O) groups excluding carboxylic acids is 2. The van der Waals surface area contributed by atoms with Gasteiger partial charge in [-0.05, 0) is 76.1 Å². The first-order valence-electron chi connectivity index (χ1n) is 14.1. The second-order valence-corrected chi connectivity index (χ2v) is 12.0. The SMILES string of the molecule is CO[C@H]1[C@H](O)[C@@H](OC(=O)c2ccc(C)[nH]2)[C@H](Oc2cc(Cl)c3oc(=O)c(NC(=O)c4cc(C)c(O)c(C)c4)c(O)c3c2)OC1(C)C. The molecule has 4 aromatic rings. The lowest BCUT2D eigenvalue weighted by Crippen LogP contribution is -2.64. The molecule has 0 saturated carbocycles. The fourth-order valence-corrected chi connectivity index (χ4v) is 5.68. The lowest BCUT2D eigenvalue weighted by Gasteiger charge is -2.47. The van der Waals surface area contributed by atoms with Gasteiger partial charge in [0.1, 0.15) is 29.4 Å². The second-order valence-electron chi connectivity index (χ2n) is 11.6. The average Bonchev–Trinajstić information content (AvgIpc) is 3.42. The van der Waals surface area contributed by atoms with Crippen molar-refractivity contribution >= 4 is 40.1 Å². The lowest BCUT2D eigenvalue weighted by atomic mass is 9.89. The van der Waals surface area contributed by atoms with E-state index in [1.807, 2.05) is 0 Å². The van der Waals surface area contributed by atoms with Crippen molar-refractivity contribution in [1.29, 1.82) is 0 Å². The van der Waals surface area contributed by atoms with Crippen molar-refractivity contribution in [1.82, 2.24) is 4.98 Å². The number of aryl methyl sites for hydroxylation is 3. The van der Waals surface area contributed by atoms with Crippen molar-refractivity contribution in [3.63, 3.8) is 0 Å². The summed E-state index contributed by atoms with van der Waals surface area (Å²) in [6.07, 6.45) is -5.10. The van der Waals surface area contributed by atoms with Crippen molar-refractivity contribution in [2.24, 2.45) is 0 Å². The summed E-state index contributed by atoms with van der Waals surface area (Å²) < 4.78 is 28.6. The molecule has 46 heavy (non-hydrogen) atoms. The number of aromatic nitrogens is 1. The van der Waals surface area contributed by atoms with Crippen LogP contribution in [0.5, 0.6) is 17.2 Å². The van der Waals surface area contributed by atoms with Crippen LogP contribution in [0.4, 0.5) is 5.69 Å². The molecule has 0 radical (unpaired) electrons. The zero-order valence-electron chi connectivity index (χ0n) is 25.8. The van der Waals surface area contributed by atoms with E-state index in [1.165, 1.54) is 37.4 Å². The molecular formula is C32H33ClN2O11. The van der Waals surface area contributed by atoms with E-state index in [0.29, 0.717) is 11.1 Å². The Balaban J connectivity index is 1.49. The Morgan fingerprint density at radius 1 is 1.04 bits per heavy atom. The smallest absolute Gasteiger partial charge is 0.364 e. The number of methoxy groups -OCH3 is 1. The number of aliphatic hydroxyl groups excluding tert-OH is 1. The molecule has 0 spiro atoms. The van der Waals surface area contributed by atoms with Gasteiger partial charge in [0.05, 0.1) is 16.0 Å². The first kappa shape index (κ1) is 32.8. The van der Waals surface area contributed by atoms with Crippen molar-refractivity contribution in [2.75, 3.05) is 12.4 Å². The van der Waals surface area contributed by atoms with Crippen molar-refractivity contribution in [2.45, 2.75) is 64.8 Å². The molecule has 244 valence electrons. The van der Waals surface area contributed by atoms with Gasteiger partial charge in [-0.3, -0.25) is 4.79 Å². The zero-order chi connectivity index (χ0) is 33.7. The van der Waals surface area contributed by atoms with E-state index in [4.69, 9.17) is 35.0 Å². The highest BCUT2D eigenvalue weighted by Gasteiger charge is 2.53. The van der Waals surface area contributed by atoms with Crippen LogP contribution in [0.25, 0.3) is 11.0 Å². The van der Waals surface area contributed by atoms with E-state index in [0.717, 1.165) is 5.69 Å². The summed E-state index contributed by atoms with van der Waals surface area (Å²) >= 11 is 6.43. The molecule has 1 aliphatic rings. The van der Waals surface area contributed by atoms with E-state index in [-0.39, 0.29) is 38.7 Å². The third kappa shape index (κ3) is 6.14. The molecule has 1 amide bonds. The van der Waals surface area contributed by atoms with Gasteiger partial charge in [-0.15, -0.1) is 0 Å². The Labute approximate surface area is 267 Å². The minimum absolute atomic E-state index is 0.0238. The average molecular weight is 657 g/mol. The van der Waals surface area contributed by atoms with E-state index >= 15 is 0 Å². The number of anilines is 1. The molecular weight excluding hydrogens is 624 g/mol. The highest BCUT2D eigenvalue weighted by molar-refractivity contribution is 6.35. The maximum Gasteiger partial charge on any atom is 0.364 e. The summed E-state index contributed by atoms with van der Waals surface area (Å²) in [5, 5.41) is 34.5. The molecule has 1 aliphatic heterocycles. The van der Waals surface area contributed by atoms with Gasteiger partial charge in [0.2, 0.25) is 6.29 Å².